The zero-order valence-electron chi connectivity index (χ0n) is 15.9. The minimum absolute atomic E-state index is 0.150. The van der Waals surface area contributed by atoms with Gasteiger partial charge in [0.1, 0.15) is 6.54 Å². The lowest BCUT2D eigenvalue weighted by atomic mass is 10.1. The van der Waals surface area contributed by atoms with E-state index in [9.17, 15) is 14.4 Å². The van der Waals surface area contributed by atoms with Crippen LogP contribution in [0.1, 0.15) is 19.3 Å². The number of hydrogen-bond donors (Lipinski definition) is 1. The van der Waals surface area contributed by atoms with Crippen molar-refractivity contribution in [1.29, 1.82) is 0 Å². The molecule has 0 saturated carbocycles. The summed E-state index contributed by atoms with van der Waals surface area (Å²) in [5.41, 5.74) is 1.27. The quantitative estimate of drug-likeness (QED) is 0.784. The number of carbonyl (C=O) groups excluding carboxylic acids is 3. The highest BCUT2D eigenvalue weighted by atomic mass is 32.2. The average Bonchev–Trinajstić information content (AvgIpc) is 2.76. The highest BCUT2D eigenvalue weighted by Crippen LogP contribution is 2.39. The molecular formula is C21H22N4O3S. The first-order valence-corrected chi connectivity index (χ1v) is 10.6. The zero-order chi connectivity index (χ0) is 20.2. The van der Waals surface area contributed by atoms with Crippen molar-refractivity contribution in [2.75, 3.05) is 29.9 Å². The van der Waals surface area contributed by atoms with E-state index in [-0.39, 0.29) is 24.3 Å². The van der Waals surface area contributed by atoms with Crippen LogP contribution >= 0.6 is 11.8 Å². The van der Waals surface area contributed by atoms with Crippen LogP contribution in [0.15, 0.2) is 53.7 Å². The van der Waals surface area contributed by atoms with Crippen LogP contribution in [-0.2, 0) is 14.4 Å². The van der Waals surface area contributed by atoms with E-state index in [1.54, 1.807) is 29.4 Å². The van der Waals surface area contributed by atoms with Crippen molar-refractivity contribution in [1.82, 2.24) is 9.88 Å². The topological polar surface area (TPSA) is 82.6 Å². The van der Waals surface area contributed by atoms with Gasteiger partial charge in [0.2, 0.25) is 11.8 Å². The summed E-state index contributed by atoms with van der Waals surface area (Å²) < 4.78 is 0. The van der Waals surface area contributed by atoms with E-state index >= 15 is 0 Å². The number of carbonyl (C=O) groups is 3. The number of fused-ring (bicyclic) bond motifs is 1. The second-order valence-electron chi connectivity index (χ2n) is 7.06. The number of nitrogens with zero attached hydrogens (tertiary/aromatic N) is 3. The van der Waals surface area contributed by atoms with Gasteiger partial charge in [-0.15, -0.1) is 11.8 Å². The number of nitrogens with one attached hydrogen (secondary N) is 1. The third kappa shape index (κ3) is 4.27. The number of piperidine rings is 1. The Morgan fingerprint density at radius 3 is 2.55 bits per heavy atom. The largest absolute Gasteiger partial charge is 0.341 e. The van der Waals surface area contributed by atoms with Crippen LogP contribution in [0.2, 0.25) is 0 Å². The Balaban J connectivity index is 1.55. The third-order valence-electron chi connectivity index (χ3n) is 5.05. The highest BCUT2D eigenvalue weighted by molar-refractivity contribution is 8.01. The van der Waals surface area contributed by atoms with Gasteiger partial charge in [-0.2, -0.15) is 0 Å². The summed E-state index contributed by atoms with van der Waals surface area (Å²) >= 11 is 1.28. The summed E-state index contributed by atoms with van der Waals surface area (Å²) in [5, 5.41) is 1.92. The smallest absolute Gasteiger partial charge is 0.250 e. The molecule has 0 spiro atoms. The molecule has 1 N–H and O–H groups in total. The van der Waals surface area contributed by atoms with Gasteiger partial charge in [0.05, 0.1) is 5.69 Å². The number of aromatic nitrogens is 1. The standard InChI is InChI=1S/C21H22N4O3S/c26-18(23-15-8-10-22-11-9-15)14-25-16-6-2-3-7-17(16)29-19(21(25)28)20(27)24-12-4-1-5-13-24/h2-3,6-11,19H,1,4-5,12-14H2,(H,22,23,26). The molecule has 0 bridgehead atoms. The lowest BCUT2D eigenvalue weighted by Crippen LogP contribution is -2.52. The Kier molecular flexibility index (Phi) is 5.80. The van der Waals surface area contributed by atoms with E-state index < -0.39 is 5.25 Å². The number of hydrogen-bond acceptors (Lipinski definition) is 5. The van der Waals surface area contributed by atoms with Crippen molar-refractivity contribution in [3.8, 4) is 0 Å². The maximum absolute atomic E-state index is 13.2. The predicted octanol–water partition coefficient (Wildman–Crippen LogP) is 2.54. The fraction of sp³-hybridized carbons (Fsp3) is 0.333. The highest BCUT2D eigenvalue weighted by Gasteiger charge is 2.40. The number of anilines is 2. The van der Waals surface area contributed by atoms with E-state index in [1.807, 2.05) is 24.3 Å². The predicted molar refractivity (Wildman–Crippen MR) is 112 cm³/mol. The fourth-order valence-electron chi connectivity index (χ4n) is 3.60. The molecule has 1 fully saturated rings. The molecule has 1 saturated heterocycles. The van der Waals surface area contributed by atoms with E-state index in [4.69, 9.17) is 0 Å². The van der Waals surface area contributed by atoms with Gasteiger partial charge < -0.3 is 15.1 Å². The molecule has 2 aliphatic heterocycles. The van der Waals surface area contributed by atoms with Crippen LogP contribution in [0, 0.1) is 0 Å². The van der Waals surface area contributed by atoms with Gasteiger partial charge in [-0.05, 0) is 43.5 Å². The van der Waals surface area contributed by atoms with Gasteiger partial charge in [0.15, 0.2) is 5.25 Å². The van der Waals surface area contributed by atoms with Gasteiger partial charge in [0.25, 0.3) is 5.91 Å². The number of para-hydroxylation sites is 1. The third-order valence-corrected chi connectivity index (χ3v) is 6.29. The average molecular weight is 410 g/mol. The Morgan fingerprint density at radius 1 is 1.07 bits per heavy atom. The van der Waals surface area contributed by atoms with E-state index in [0.29, 0.717) is 24.5 Å². The van der Waals surface area contributed by atoms with Gasteiger partial charge in [-0.1, -0.05) is 12.1 Å². The Hall–Kier alpha value is -2.87. The van der Waals surface area contributed by atoms with Crippen molar-refractivity contribution in [2.24, 2.45) is 0 Å². The fourth-order valence-corrected chi connectivity index (χ4v) is 4.78. The Morgan fingerprint density at radius 2 is 1.79 bits per heavy atom. The second-order valence-corrected chi connectivity index (χ2v) is 8.21. The van der Waals surface area contributed by atoms with Crippen LogP contribution < -0.4 is 10.2 Å². The van der Waals surface area contributed by atoms with Crippen molar-refractivity contribution >= 4 is 40.9 Å². The maximum Gasteiger partial charge on any atom is 0.250 e. The van der Waals surface area contributed by atoms with Gasteiger partial charge >= 0.3 is 0 Å². The molecule has 7 nitrogen and oxygen atoms in total. The molecule has 0 radical (unpaired) electrons. The molecule has 2 aliphatic rings. The molecule has 29 heavy (non-hydrogen) atoms. The van der Waals surface area contributed by atoms with Gasteiger partial charge in [0, 0.05) is 36.1 Å². The number of likely N-dealkylation sites (tertiary alicyclic amines) is 1. The first-order chi connectivity index (χ1) is 14.1. The number of benzene rings is 1. The van der Waals surface area contributed by atoms with E-state index in [1.165, 1.54) is 16.7 Å². The monoisotopic (exact) mass is 410 g/mol. The molecule has 1 aromatic heterocycles. The molecule has 0 aliphatic carbocycles. The number of pyridine rings is 1. The molecule has 3 amide bonds. The van der Waals surface area contributed by atoms with Crippen LogP contribution in [0.3, 0.4) is 0 Å². The number of thioether (sulfide) groups is 1. The lowest BCUT2D eigenvalue weighted by molar-refractivity contribution is -0.135. The molecule has 1 aromatic carbocycles. The van der Waals surface area contributed by atoms with Gasteiger partial charge in [-0.3, -0.25) is 19.4 Å². The number of amides is 3. The Labute approximate surface area is 173 Å². The normalized spacial score (nSPS) is 18.9. The molecule has 3 heterocycles. The Bertz CT molecular complexity index is 915. The molecule has 1 unspecified atom stereocenters. The number of rotatable bonds is 4. The molecule has 2 aromatic rings. The summed E-state index contributed by atoms with van der Waals surface area (Å²) in [7, 11) is 0. The lowest BCUT2D eigenvalue weighted by Gasteiger charge is -2.36. The molecule has 150 valence electrons. The van der Waals surface area contributed by atoms with Crippen LogP contribution in [0.25, 0.3) is 0 Å². The SMILES string of the molecule is O=C(CN1C(=O)C(C(=O)N2CCCCC2)Sc2ccccc21)Nc1ccncc1. The van der Waals surface area contributed by atoms with E-state index in [0.717, 1.165) is 24.2 Å². The first kappa shape index (κ1) is 19.4. The molecule has 1 atom stereocenters. The van der Waals surface area contributed by atoms with Crippen molar-refractivity contribution < 1.29 is 14.4 Å². The van der Waals surface area contributed by atoms with Crippen molar-refractivity contribution in [3.05, 3.63) is 48.8 Å². The summed E-state index contributed by atoms with van der Waals surface area (Å²) in [6.07, 6.45) is 6.21. The first-order valence-electron chi connectivity index (χ1n) is 9.69. The van der Waals surface area contributed by atoms with Gasteiger partial charge in [-0.25, -0.2) is 0 Å². The molecule has 8 heteroatoms. The van der Waals surface area contributed by atoms with Crippen molar-refractivity contribution in [2.45, 2.75) is 29.4 Å². The minimum Gasteiger partial charge on any atom is -0.341 e. The minimum atomic E-state index is -0.850. The summed E-state index contributed by atoms with van der Waals surface area (Å²) in [4.78, 5) is 46.8. The summed E-state index contributed by atoms with van der Waals surface area (Å²) in [5.74, 6) is -0.821. The van der Waals surface area contributed by atoms with Crippen LogP contribution in [-0.4, -0.2) is 52.5 Å². The maximum atomic E-state index is 13.2. The molecule has 4 rings (SSSR count). The zero-order valence-corrected chi connectivity index (χ0v) is 16.7. The molecular weight excluding hydrogens is 388 g/mol. The summed E-state index contributed by atoms with van der Waals surface area (Å²) in [6, 6.07) is 10.8. The van der Waals surface area contributed by atoms with Crippen molar-refractivity contribution in [3.63, 3.8) is 0 Å². The van der Waals surface area contributed by atoms with E-state index in [2.05, 4.69) is 10.3 Å². The second kappa shape index (κ2) is 8.65. The summed E-state index contributed by atoms with van der Waals surface area (Å²) in [6.45, 7) is 1.23. The van der Waals surface area contributed by atoms with Crippen LogP contribution in [0.4, 0.5) is 11.4 Å². The van der Waals surface area contributed by atoms with Crippen LogP contribution in [0.5, 0.6) is 0 Å².